The minimum Gasteiger partial charge on any atom is -0.359 e. The van der Waals surface area contributed by atoms with Crippen LogP contribution in [0.5, 0.6) is 0 Å². The van der Waals surface area contributed by atoms with Gasteiger partial charge in [0.2, 0.25) is 5.69 Å². The van der Waals surface area contributed by atoms with Crippen molar-refractivity contribution in [3.05, 3.63) is 27.0 Å². The Bertz CT molecular complexity index is 363. The molecule has 0 atom stereocenters. The summed E-state index contributed by atoms with van der Waals surface area (Å²) in [6, 6.07) is 0. The van der Waals surface area contributed by atoms with Gasteiger partial charge in [0, 0.05) is 17.0 Å². The standard InChI is InChI=1S/C4H3N5O3/c1-2-3(4(10)6-8-5)7-12-9(2)11/h1H3. The number of nitrogens with zero attached hydrogens (tertiary/aromatic N) is 5. The zero-order valence-electron chi connectivity index (χ0n) is 5.96. The van der Waals surface area contributed by atoms with E-state index in [1.807, 2.05) is 0 Å². The van der Waals surface area contributed by atoms with Crippen molar-refractivity contribution in [1.29, 1.82) is 0 Å². The van der Waals surface area contributed by atoms with Crippen molar-refractivity contribution in [2.24, 2.45) is 5.11 Å². The number of azide groups is 1. The molecule has 1 aromatic rings. The Kier molecular flexibility index (Phi) is 1.93. The fourth-order valence-electron chi connectivity index (χ4n) is 0.573. The van der Waals surface area contributed by atoms with Crippen LogP contribution in [0.25, 0.3) is 10.4 Å². The number of hydrogen-bond acceptors (Lipinski definition) is 4. The predicted octanol–water partition coefficient (Wildman–Crippen LogP) is 0.0669. The van der Waals surface area contributed by atoms with Crippen molar-refractivity contribution in [3.8, 4) is 0 Å². The quantitative estimate of drug-likeness (QED) is 0.255. The van der Waals surface area contributed by atoms with Gasteiger partial charge in [-0.3, -0.25) is 9.42 Å². The highest BCUT2D eigenvalue weighted by atomic mass is 16.8. The Morgan fingerprint density at radius 2 is 2.58 bits per heavy atom. The van der Waals surface area contributed by atoms with E-state index in [-0.39, 0.29) is 16.3 Å². The van der Waals surface area contributed by atoms with E-state index in [1.165, 1.54) is 6.92 Å². The highest BCUT2D eigenvalue weighted by molar-refractivity contribution is 5.93. The van der Waals surface area contributed by atoms with Crippen LogP contribution < -0.4 is 4.90 Å². The van der Waals surface area contributed by atoms with Crippen LogP contribution in [-0.4, -0.2) is 11.1 Å². The summed E-state index contributed by atoms with van der Waals surface area (Å²) >= 11 is 0. The molecule has 0 saturated heterocycles. The summed E-state index contributed by atoms with van der Waals surface area (Å²) in [7, 11) is 0. The van der Waals surface area contributed by atoms with Gasteiger partial charge in [-0.1, -0.05) is 0 Å². The zero-order chi connectivity index (χ0) is 9.14. The third kappa shape index (κ3) is 1.18. The second-order valence-corrected chi connectivity index (χ2v) is 1.86. The smallest absolute Gasteiger partial charge is 0.299 e. The van der Waals surface area contributed by atoms with Crippen LogP contribution in [0.1, 0.15) is 16.2 Å². The van der Waals surface area contributed by atoms with Gasteiger partial charge < -0.3 is 5.21 Å². The van der Waals surface area contributed by atoms with Crippen molar-refractivity contribution in [1.82, 2.24) is 5.16 Å². The third-order valence-corrected chi connectivity index (χ3v) is 1.16. The van der Waals surface area contributed by atoms with Gasteiger partial charge in [-0.2, -0.15) is 0 Å². The molecule has 8 heteroatoms. The summed E-state index contributed by atoms with van der Waals surface area (Å²) in [4.78, 5) is 13.1. The molecule has 0 unspecified atom stereocenters. The van der Waals surface area contributed by atoms with Gasteiger partial charge in [-0.25, -0.2) is 0 Å². The summed E-state index contributed by atoms with van der Waals surface area (Å²) in [5, 5.41) is 16.4. The van der Waals surface area contributed by atoms with Crippen LogP contribution in [0.2, 0.25) is 0 Å². The molecule has 1 rings (SSSR count). The molecule has 0 saturated carbocycles. The Hall–Kier alpha value is -2.08. The maximum Gasteiger partial charge on any atom is 0.299 e. The van der Waals surface area contributed by atoms with Gasteiger partial charge >= 0.3 is 0 Å². The molecule has 0 aliphatic carbocycles. The number of aromatic nitrogens is 2. The van der Waals surface area contributed by atoms with E-state index in [0.29, 0.717) is 0 Å². The minimum absolute atomic E-state index is 0.0348. The van der Waals surface area contributed by atoms with Crippen molar-refractivity contribution in [2.75, 3.05) is 0 Å². The number of carbonyl (C=O) groups excluding carboxylic acids is 1. The maximum atomic E-state index is 10.8. The Morgan fingerprint density at radius 3 is 3.00 bits per heavy atom. The lowest BCUT2D eigenvalue weighted by Gasteiger charge is -1.83. The van der Waals surface area contributed by atoms with Gasteiger partial charge in [0.05, 0.1) is 0 Å². The number of amides is 1. The van der Waals surface area contributed by atoms with E-state index in [2.05, 4.69) is 19.8 Å². The second-order valence-electron chi connectivity index (χ2n) is 1.86. The molecular formula is C4H3N5O3. The van der Waals surface area contributed by atoms with Crippen LogP contribution in [0.15, 0.2) is 9.74 Å². The van der Waals surface area contributed by atoms with Crippen molar-refractivity contribution in [2.45, 2.75) is 6.92 Å². The average molecular weight is 169 g/mol. The lowest BCUT2D eigenvalue weighted by atomic mass is 10.3. The van der Waals surface area contributed by atoms with Crippen LogP contribution in [0.4, 0.5) is 0 Å². The average Bonchev–Trinajstić information content (AvgIpc) is 2.34. The monoisotopic (exact) mass is 169 g/mol. The van der Waals surface area contributed by atoms with Gasteiger partial charge in [0.25, 0.3) is 11.6 Å². The first-order valence-electron chi connectivity index (χ1n) is 2.82. The van der Waals surface area contributed by atoms with E-state index in [0.717, 1.165) is 0 Å². The SMILES string of the molecule is Cc1c(C(=O)N=[N+]=[N-])no[n+]1[O-]. The topological polar surface area (TPSA) is 119 Å². The van der Waals surface area contributed by atoms with Crippen LogP contribution in [0.3, 0.4) is 0 Å². The lowest BCUT2D eigenvalue weighted by molar-refractivity contribution is -0.806. The number of hydrogen-bond donors (Lipinski definition) is 0. The first-order chi connectivity index (χ1) is 5.66. The van der Waals surface area contributed by atoms with Crippen LogP contribution >= 0.6 is 0 Å². The van der Waals surface area contributed by atoms with E-state index in [9.17, 15) is 10.0 Å². The zero-order valence-corrected chi connectivity index (χ0v) is 5.96. The molecule has 0 aliphatic heterocycles. The fraction of sp³-hybridized carbons (Fsp3) is 0.250. The molecule has 0 radical (unpaired) electrons. The first-order valence-corrected chi connectivity index (χ1v) is 2.82. The van der Waals surface area contributed by atoms with E-state index in [4.69, 9.17) is 5.53 Å². The van der Waals surface area contributed by atoms with Gasteiger partial charge in [0.15, 0.2) is 0 Å². The highest BCUT2D eigenvalue weighted by Gasteiger charge is 2.20. The first kappa shape index (κ1) is 8.02. The Labute approximate surface area is 65.6 Å². The summed E-state index contributed by atoms with van der Waals surface area (Å²) in [6.07, 6.45) is 0. The van der Waals surface area contributed by atoms with Gasteiger partial charge in [-0.05, 0) is 15.5 Å². The Balaban J connectivity index is 3.11. The maximum absolute atomic E-state index is 10.8. The lowest BCUT2D eigenvalue weighted by Crippen LogP contribution is -2.26. The van der Waals surface area contributed by atoms with Gasteiger partial charge in [-0.15, -0.1) is 0 Å². The summed E-state index contributed by atoms with van der Waals surface area (Å²) in [6.45, 7) is 1.32. The molecule has 0 N–H and O–H groups in total. The van der Waals surface area contributed by atoms with E-state index >= 15 is 0 Å². The Morgan fingerprint density at radius 1 is 1.92 bits per heavy atom. The van der Waals surface area contributed by atoms with Crippen LogP contribution in [0, 0.1) is 12.1 Å². The van der Waals surface area contributed by atoms with Crippen molar-refractivity contribution < 1.29 is 14.3 Å². The molecule has 0 bridgehead atoms. The third-order valence-electron chi connectivity index (χ3n) is 1.16. The van der Waals surface area contributed by atoms with Crippen LogP contribution in [-0.2, 0) is 0 Å². The number of rotatable bonds is 1. The number of carbonyl (C=O) groups is 1. The molecule has 0 fully saturated rings. The minimum atomic E-state index is -0.937. The van der Waals surface area contributed by atoms with Crippen molar-refractivity contribution in [3.63, 3.8) is 0 Å². The van der Waals surface area contributed by atoms with E-state index in [1.54, 1.807) is 0 Å². The molecule has 0 spiro atoms. The largest absolute Gasteiger partial charge is 0.359 e. The van der Waals surface area contributed by atoms with E-state index < -0.39 is 5.91 Å². The summed E-state index contributed by atoms with van der Waals surface area (Å²) < 4.78 is 4.07. The molecule has 1 amide bonds. The fourth-order valence-corrected chi connectivity index (χ4v) is 0.573. The predicted molar refractivity (Wildman–Crippen MR) is 33.7 cm³/mol. The second kappa shape index (κ2) is 2.89. The summed E-state index contributed by atoms with van der Waals surface area (Å²) in [5.41, 5.74) is 7.58. The molecule has 8 nitrogen and oxygen atoms in total. The normalized spacial score (nSPS) is 9.08. The highest BCUT2D eigenvalue weighted by Crippen LogP contribution is 2.00. The molecule has 1 aromatic heterocycles. The molecule has 1 heterocycles. The molecule has 0 aromatic carbocycles. The molecule has 62 valence electrons. The van der Waals surface area contributed by atoms with Gasteiger partial charge in [0.1, 0.15) is 0 Å². The summed E-state index contributed by atoms with van der Waals surface area (Å²) in [5.74, 6) is -0.937. The van der Waals surface area contributed by atoms with Crippen molar-refractivity contribution >= 4 is 5.91 Å². The molecular weight excluding hydrogens is 166 g/mol. The molecule has 12 heavy (non-hydrogen) atoms. The molecule has 0 aliphatic rings.